The number of amides is 1. The van der Waals surface area contributed by atoms with Crippen molar-refractivity contribution in [2.75, 3.05) is 32.7 Å². The van der Waals surface area contributed by atoms with Gasteiger partial charge in [0.15, 0.2) is 0 Å². The number of nitrogens with one attached hydrogen (secondary N) is 1. The first kappa shape index (κ1) is 18.3. The smallest absolute Gasteiger partial charge is 0.227 e. The zero-order valence-corrected chi connectivity index (χ0v) is 15.8. The molecule has 3 rings (SSSR count). The molecule has 1 amide bonds. The van der Waals surface area contributed by atoms with Crippen LogP contribution >= 0.6 is 0 Å². The Hall–Kier alpha value is -1.46. The number of carbonyl (C=O) groups excluding carboxylic acids is 1. The minimum Gasteiger partial charge on any atom is -0.340 e. The van der Waals surface area contributed by atoms with E-state index in [1.807, 2.05) is 17.0 Å². The largest absolute Gasteiger partial charge is 0.340 e. The van der Waals surface area contributed by atoms with Crippen LogP contribution in [0.4, 0.5) is 4.39 Å². The summed E-state index contributed by atoms with van der Waals surface area (Å²) < 4.78 is 13.3. The summed E-state index contributed by atoms with van der Waals surface area (Å²) in [6, 6.07) is 7.02. The molecule has 2 aliphatic heterocycles. The highest BCUT2D eigenvalue weighted by atomic mass is 19.1. The van der Waals surface area contributed by atoms with Crippen LogP contribution in [0.3, 0.4) is 0 Å². The van der Waals surface area contributed by atoms with Crippen molar-refractivity contribution in [3.63, 3.8) is 0 Å². The van der Waals surface area contributed by atoms with Crippen LogP contribution in [-0.4, -0.2) is 60.0 Å². The summed E-state index contributed by atoms with van der Waals surface area (Å²) in [5, 5.41) is 3.39. The third-order valence-electron chi connectivity index (χ3n) is 5.56. The summed E-state index contributed by atoms with van der Waals surface area (Å²) in [5.74, 6) is 0.0789. The van der Waals surface area contributed by atoms with Gasteiger partial charge in [0.2, 0.25) is 5.91 Å². The number of piperazine rings is 1. The average Bonchev–Trinajstić information content (AvgIpc) is 3.00. The molecular formula is C20H30FN3O. The van der Waals surface area contributed by atoms with E-state index in [9.17, 15) is 9.18 Å². The van der Waals surface area contributed by atoms with Crippen LogP contribution in [0.2, 0.25) is 0 Å². The minimum atomic E-state index is -0.228. The van der Waals surface area contributed by atoms with Crippen LogP contribution in [0.25, 0.3) is 0 Å². The van der Waals surface area contributed by atoms with Gasteiger partial charge in [-0.15, -0.1) is 0 Å². The number of rotatable bonds is 2. The van der Waals surface area contributed by atoms with Crippen LogP contribution in [0.5, 0.6) is 0 Å². The second-order valence-corrected chi connectivity index (χ2v) is 8.48. The molecule has 4 nitrogen and oxygen atoms in total. The van der Waals surface area contributed by atoms with Gasteiger partial charge < -0.3 is 10.2 Å². The van der Waals surface area contributed by atoms with Gasteiger partial charge in [-0.1, -0.05) is 12.1 Å². The average molecular weight is 347 g/mol. The Kier molecular flexibility index (Phi) is 5.16. The van der Waals surface area contributed by atoms with Crippen molar-refractivity contribution in [1.82, 2.24) is 15.1 Å². The highest BCUT2D eigenvalue weighted by Gasteiger charge is 2.43. The number of carbonyl (C=O) groups is 1. The highest BCUT2D eigenvalue weighted by molar-refractivity contribution is 5.81. The topological polar surface area (TPSA) is 35.6 Å². The van der Waals surface area contributed by atoms with E-state index in [1.54, 1.807) is 0 Å². The fraction of sp³-hybridized carbons (Fsp3) is 0.650. The number of halogens is 1. The van der Waals surface area contributed by atoms with Gasteiger partial charge in [-0.3, -0.25) is 9.69 Å². The first-order valence-electron chi connectivity index (χ1n) is 9.28. The quantitative estimate of drug-likeness (QED) is 0.893. The summed E-state index contributed by atoms with van der Waals surface area (Å²) in [6.07, 6.45) is 0. The molecule has 1 aromatic rings. The SMILES string of the molecule is C[C@@H]1CN(C(=O)C2CN(C(C)(C)C)CC2c2ccc(F)cc2)CCN1. The number of hydrogen-bond acceptors (Lipinski definition) is 3. The van der Waals surface area contributed by atoms with Crippen LogP contribution in [0.1, 0.15) is 39.2 Å². The Morgan fingerprint density at radius 2 is 1.84 bits per heavy atom. The molecule has 2 unspecified atom stereocenters. The molecule has 0 saturated carbocycles. The van der Waals surface area contributed by atoms with Crippen molar-refractivity contribution in [3.05, 3.63) is 35.6 Å². The molecule has 0 aromatic heterocycles. The zero-order chi connectivity index (χ0) is 18.2. The molecule has 5 heteroatoms. The molecule has 1 aromatic carbocycles. The van der Waals surface area contributed by atoms with Gasteiger partial charge in [0.25, 0.3) is 0 Å². The number of hydrogen-bond donors (Lipinski definition) is 1. The second-order valence-electron chi connectivity index (χ2n) is 8.48. The Morgan fingerprint density at radius 3 is 2.44 bits per heavy atom. The fourth-order valence-corrected chi connectivity index (χ4v) is 4.02. The van der Waals surface area contributed by atoms with Crippen molar-refractivity contribution in [1.29, 1.82) is 0 Å². The Labute approximate surface area is 150 Å². The minimum absolute atomic E-state index is 0.0179. The molecule has 25 heavy (non-hydrogen) atoms. The molecular weight excluding hydrogens is 317 g/mol. The van der Waals surface area contributed by atoms with E-state index in [0.717, 1.165) is 38.3 Å². The lowest BCUT2D eigenvalue weighted by Gasteiger charge is -2.35. The molecule has 2 aliphatic rings. The van der Waals surface area contributed by atoms with Gasteiger partial charge in [0.05, 0.1) is 5.92 Å². The van der Waals surface area contributed by atoms with E-state index in [4.69, 9.17) is 0 Å². The van der Waals surface area contributed by atoms with Crippen molar-refractivity contribution >= 4 is 5.91 Å². The Bertz CT molecular complexity index is 610. The first-order chi connectivity index (χ1) is 11.8. The number of likely N-dealkylation sites (tertiary alicyclic amines) is 1. The lowest BCUT2D eigenvalue weighted by Crippen LogP contribution is -2.53. The van der Waals surface area contributed by atoms with Crippen LogP contribution < -0.4 is 5.32 Å². The van der Waals surface area contributed by atoms with E-state index in [-0.39, 0.29) is 29.1 Å². The number of nitrogens with zero attached hydrogens (tertiary/aromatic N) is 2. The second kappa shape index (κ2) is 7.04. The predicted molar refractivity (Wildman–Crippen MR) is 98.0 cm³/mol. The molecule has 3 atom stereocenters. The molecule has 0 bridgehead atoms. The van der Waals surface area contributed by atoms with Crippen molar-refractivity contribution in [2.45, 2.75) is 45.2 Å². The Balaban J connectivity index is 1.84. The molecule has 1 N–H and O–H groups in total. The summed E-state index contributed by atoms with van der Waals surface area (Å²) in [4.78, 5) is 17.7. The van der Waals surface area contributed by atoms with Crippen LogP contribution in [0, 0.1) is 11.7 Å². The summed E-state index contributed by atoms with van der Waals surface area (Å²) in [7, 11) is 0. The van der Waals surface area contributed by atoms with Gasteiger partial charge in [-0.05, 0) is 45.4 Å². The summed E-state index contributed by atoms with van der Waals surface area (Å²) in [5.41, 5.74) is 1.08. The summed E-state index contributed by atoms with van der Waals surface area (Å²) in [6.45, 7) is 12.7. The van der Waals surface area contributed by atoms with Gasteiger partial charge >= 0.3 is 0 Å². The first-order valence-corrected chi connectivity index (χ1v) is 9.28. The van der Waals surface area contributed by atoms with E-state index in [0.29, 0.717) is 6.04 Å². The highest BCUT2D eigenvalue weighted by Crippen LogP contribution is 2.37. The van der Waals surface area contributed by atoms with Crippen molar-refractivity contribution in [3.8, 4) is 0 Å². The molecule has 2 heterocycles. The van der Waals surface area contributed by atoms with E-state index < -0.39 is 0 Å². The van der Waals surface area contributed by atoms with Gasteiger partial charge in [-0.2, -0.15) is 0 Å². The van der Waals surface area contributed by atoms with E-state index >= 15 is 0 Å². The Morgan fingerprint density at radius 1 is 1.16 bits per heavy atom. The fourth-order valence-electron chi connectivity index (χ4n) is 4.02. The molecule has 0 radical (unpaired) electrons. The van der Waals surface area contributed by atoms with Crippen molar-refractivity contribution < 1.29 is 9.18 Å². The maximum Gasteiger partial charge on any atom is 0.227 e. The lowest BCUT2D eigenvalue weighted by atomic mass is 9.87. The maximum absolute atomic E-state index is 13.3. The zero-order valence-electron chi connectivity index (χ0n) is 15.8. The van der Waals surface area contributed by atoms with E-state index in [1.165, 1.54) is 12.1 Å². The molecule has 2 saturated heterocycles. The summed E-state index contributed by atoms with van der Waals surface area (Å²) >= 11 is 0. The third kappa shape index (κ3) is 4.04. The molecule has 2 fully saturated rings. The molecule has 0 spiro atoms. The monoisotopic (exact) mass is 347 g/mol. The number of benzene rings is 1. The van der Waals surface area contributed by atoms with Crippen molar-refractivity contribution in [2.24, 2.45) is 5.92 Å². The van der Waals surface area contributed by atoms with Crippen LogP contribution in [-0.2, 0) is 4.79 Å². The standard InChI is InChI=1S/C20H30FN3O/c1-14-11-23(10-9-22-14)19(25)18-13-24(20(2,3)4)12-17(18)15-5-7-16(21)8-6-15/h5-8,14,17-18,22H,9-13H2,1-4H3/t14-,17?,18?/m1/s1. The predicted octanol–water partition coefficient (Wildman–Crippen LogP) is 2.46. The molecule has 0 aliphatic carbocycles. The van der Waals surface area contributed by atoms with Gasteiger partial charge in [-0.25, -0.2) is 4.39 Å². The van der Waals surface area contributed by atoms with Gasteiger partial charge in [0.1, 0.15) is 5.82 Å². The van der Waals surface area contributed by atoms with E-state index in [2.05, 4.69) is 37.9 Å². The maximum atomic E-state index is 13.3. The molecule has 138 valence electrons. The lowest BCUT2D eigenvalue weighted by molar-refractivity contribution is -0.136. The normalized spacial score (nSPS) is 28.4. The van der Waals surface area contributed by atoms with Crippen LogP contribution in [0.15, 0.2) is 24.3 Å². The van der Waals surface area contributed by atoms with Gasteiger partial charge in [0, 0.05) is 50.2 Å². The third-order valence-corrected chi connectivity index (χ3v) is 5.56.